The molecule has 0 bridgehead atoms. The van der Waals surface area contributed by atoms with Crippen LogP contribution >= 0.6 is 0 Å². The summed E-state index contributed by atoms with van der Waals surface area (Å²) in [5.41, 5.74) is 0. The van der Waals surface area contributed by atoms with E-state index in [0.717, 1.165) is 88.8 Å². The van der Waals surface area contributed by atoms with Gasteiger partial charge in [0.25, 0.3) is 0 Å². The summed E-state index contributed by atoms with van der Waals surface area (Å²) in [7, 11) is 0. The Morgan fingerprint density at radius 3 is 0.671 bits per heavy atom. The van der Waals surface area contributed by atoms with Crippen LogP contribution in [-0.2, 0) is 0 Å². The van der Waals surface area contributed by atoms with Crippen LogP contribution in [0.3, 0.4) is 0 Å². The Balaban J connectivity index is 3.20. The van der Waals surface area contributed by atoms with Crippen molar-refractivity contribution in [2.24, 2.45) is 88.8 Å². The fourth-order valence-corrected chi connectivity index (χ4v) is 13.1. The third kappa shape index (κ3) is 44.5. The first-order valence-corrected chi connectivity index (χ1v) is 34.2. The van der Waals surface area contributed by atoms with Crippen molar-refractivity contribution in [1.82, 2.24) is 10.6 Å². The third-order valence-corrected chi connectivity index (χ3v) is 18.6. The second-order valence-corrected chi connectivity index (χ2v) is 29.9. The number of nitrogens with one attached hydrogen (secondary N) is 2. The van der Waals surface area contributed by atoms with Crippen LogP contribution in [0.5, 0.6) is 0 Å². The van der Waals surface area contributed by atoms with E-state index in [1.165, 1.54) is 251 Å². The molecule has 1 atom stereocenters. The molecule has 2 heteroatoms. The molecule has 1 fully saturated rings. The van der Waals surface area contributed by atoms with Crippen LogP contribution in [0.4, 0.5) is 0 Å². The zero-order chi connectivity index (χ0) is 54.2. The van der Waals surface area contributed by atoms with E-state index in [0.29, 0.717) is 6.04 Å². The molecule has 1 saturated heterocycles. The fourth-order valence-electron chi connectivity index (χ4n) is 13.1. The molecule has 0 amide bonds. The number of hydrogen-bond donors (Lipinski definition) is 2. The van der Waals surface area contributed by atoms with E-state index in [-0.39, 0.29) is 0 Å². The van der Waals surface area contributed by atoms with Gasteiger partial charge in [-0.25, -0.2) is 0 Å². The summed E-state index contributed by atoms with van der Waals surface area (Å²) in [5, 5.41) is 7.89. The molecule has 1 aliphatic rings. The molecule has 0 saturated carbocycles. The average molecular weight is 1030 g/mol. The molecular weight excluding hydrogens is 881 g/mol. The molecule has 0 aromatic rings. The standard InChI is InChI=1S/C71H144N2/c1-56(2)37-45-66(46-38-57(3)4)30-17-24-64(25-18-31-67(47-39-58(5)6)48-40-59(7)8)28-21-34-70(54-72-55-71-36-23-53-73-71)35-22-29-65(26-19-32-68(49-41-60(9)10)50-42-61(11)12)27-20-33-69(51-43-62(13)14)52-44-63(15)16/h56-73H,17-55H2,1-16H3/t71-/m0/s1. The van der Waals surface area contributed by atoms with Gasteiger partial charge in [-0.3, -0.25) is 0 Å². The smallest absolute Gasteiger partial charge is 0.0192 e. The molecule has 0 aromatic carbocycles. The maximum absolute atomic E-state index is 4.09. The van der Waals surface area contributed by atoms with Crippen molar-refractivity contribution in [3.63, 3.8) is 0 Å². The Hall–Kier alpha value is -0.0800. The summed E-state index contributed by atoms with van der Waals surface area (Å²) in [6.45, 7) is 42.7. The van der Waals surface area contributed by atoms with Gasteiger partial charge in [-0.05, 0) is 128 Å². The van der Waals surface area contributed by atoms with Gasteiger partial charge in [0.2, 0.25) is 0 Å². The zero-order valence-corrected chi connectivity index (χ0v) is 53.8. The van der Waals surface area contributed by atoms with Gasteiger partial charge < -0.3 is 10.6 Å². The van der Waals surface area contributed by atoms with Crippen LogP contribution in [0.2, 0.25) is 0 Å². The van der Waals surface area contributed by atoms with Gasteiger partial charge in [0.15, 0.2) is 0 Å². The molecule has 73 heavy (non-hydrogen) atoms. The van der Waals surface area contributed by atoms with Crippen molar-refractivity contribution in [3.8, 4) is 0 Å². The van der Waals surface area contributed by atoms with E-state index >= 15 is 0 Å². The summed E-state index contributed by atoms with van der Waals surface area (Å²) in [5.74, 6) is 13.2. The quantitative estimate of drug-likeness (QED) is 0.0634. The Morgan fingerprint density at radius 1 is 0.274 bits per heavy atom. The van der Waals surface area contributed by atoms with Crippen LogP contribution in [-0.4, -0.2) is 25.7 Å². The number of hydrogen-bond acceptors (Lipinski definition) is 2. The van der Waals surface area contributed by atoms with Crippen LogP contribution in [0.25, 0.3) is 0 Å². The minimum absolute atomic E-state index is 0.694. The van der Waals surface area contributed by atoms with E-state index < -0.39 is 0 Å². The van der Waals surface area contributed by atoms with Crippen molar-refractivity contribution >= 4 is 0 Å². The Labute approximate surface area is 464 Å². The highest BCUT2D eigenvalue weighted by Gasteiger charge is 2.21. The Kier molecular flexibility index (Phi) is 44.5. The Morgan fingerprint density at radius 2 is 0.479 bits per heavy atom. The van der Waals surface area contributed by atoms with Crippen LogP contribution < -0.4 is 10.6 Å². The first kappa shape index (κ1) is 70.9. The summed E-state index contributed by atoms with van der Waals surface area (Å²) < 4.78 is 0. The van der Waals surface area contributed by atoms with Crippen molar-refractivity contribution in [2.75, 3.05) is 19.6 Å². The van der Waals surface area contributed by atoms with Gasteiger partial charge in [0, 0.05) is 12.6 Å². The maximum atomic E-state index is 4.09. The largest absolute Gasteiger partial charge is 0.315 e. The van der Waals surface area contributed by atoms with E-state index in [1.54, 1.807) is 0 Å². The summed E-state index contributed by atoms with van der Waals surface area (Å²) in [4.78, 5) is 0. The molecule has 0 aromatic heterocycles. The van der Waals surface area contributed by atoms with Gasteiger partial charge in [-0.15, -0.1) is 0 Å². The number of rotatable bonds is 52. The summed E-state index contributed by atoms with van der Waals surface area (Å²) in [6, 6.07) is 0.694. The van der Waals surface area contributed by atoms with Crippen molar-refractivity contribution in [2.45, 2.75) is 348 Å². The minimum Gasteiger partial charge on any atom is -0.315 e. The van der Waals surface area contributed by atoms with Gasteiger partial charge in [-0.1, -0.05) is 316 Å². The second kappa shape index (κ2) is 45.7. The molecule has 438 valence electrons. The molecule has 0 radical (unpaired) electrons. The SMILES string of the molecule is CC(C)CCC(CCCC(CCCC(CCC(C)C)CCC(C)C)CCCC(CCCC(CCCC(CCC(C)C)CCC(C)C)CCCC(CCC(C)C)CCC(C)C)CNC[C@@H]1CCCN1)CCC(C)C. The summed E-state index contributed by atoms with van der Waals surface area (Å²) in [6.07, 6.45) is 52.3. The molecule has 0 aliphatic carbocycles. The van der Waals surface area contributed by atoms with Crippen molar-refractivity contribution in [1.29, 1.82) is 0 Å². The minimum atomic E-state index is 0.694. The van der Waals surface area contributed by atoms with Crippen LogP contribution in [0.15, 0.2) is 0 Å². The summed E-state index contributed by atoms with van der Waals surface area (Å²) >= 11 is 0. The molecule has 1 rings (SSSR count). The molecule has 0 spiro atoms. The highest BCUT2D eigenvalue weighted by molar-refractivity contribution is 4.78. The van der Waals surface area contributed by atoms with Gasteiger partial charge in [0.1, 0.15) is 0 Å². The Bertz CT molecular complexity index is 950. The molecule has 2 N–H and O–H groups in total. The lowest BCUT2D eigenvalue weighted by molar-refractivity contribution is 0.283. The first-order chi connectivity index (χ1) is 34.8. The molecule has 1 heterocycles. The van der Waals surface area contributed by atoms with Crippen LogP contribution in [0, 0.1) is 88.8 Å². The fraction of sp³-hybridized carbons (Fsp3) is 1.00. The topological polar surface area (TPSA) is 24.1 Å². The van der Waals surface area contributed by atoms with Crippen molar-refractivity contribution < 1.29 is 0 Å². The molecule has 1 aliphatic heterocycles. The van der Waals surface area contributed by atoms with E-state index in [4.69, 9.17) is 0 Å². The average Bonchev–Trinajstić information content (AvgIpc) is 3.84. The van der Waals surface area contributed by atoms with E-state index in [9.17, 15) is 0 Å². The van der Waals surface area contributed by atoms with Gasteiger partial charge in [0.05, 0.1) is 0 Å². The molecule has 0 unspecified atom stereocenters. The second-order valence-electron chi connectivity index (χ2n) is 29.9. The maximum Gasteiger partial charge on any atom is 0.0192 e. The molecular formula is C71H144N2. The predicted octanol–water partition coefficient (Wildman–Crippen LogP) is 23.2. The highest BCUT2D eigenvalue weighted by Crippen LogP contribution is 2.34. The van der Waals surface area contributed by atoms with Crippen molar-refractivity contribution in [3.05, 3.63) is 0 Å². The molecule has 2 nitrogen and oxygen atoms in total. The third-order valence-electron chi connectivity index (χ3n) is 18.6. The van der Waals surface area contributed by atoms with Crippen LogP contribution in [0.1, 0.15) is 342 Å². The lowest BCUT2D eigenvalue weighted by atomic mass is 9.82. The lowest BCUT2D eigenvalue weighted by Gasteiger charge is -2.25. The van der Waals surface area contributed by atoms with E-state index in [2.05, 4.69) is 121 Å². The van der Waals surface area contributed by atoms with E-state index in [1.807, 2.05) is 0 Å². The van der Waals surface area contributed by atoms with Gasteiger partial charge in [-0.2, -0.15) is 0 Å². The zero-order valence-electron chi connectivity index (χ0n) is 53.8. The monoisotopic (exact) mass is 1030 g/mol. The predicted molar refractivity (Wildman–Crippen MR) is 334 cm³/mol. The first-order valence-electron chi connectivity index (χ1n) is 34.2. The lowest BCUT2D eigenvalue weighted by Crippen LogP contribution is -2.36. The highest BCUT2D eigenvalue weighted by atomic mass is 15.0. The normalized spacial score (nSPS) is 15.1. The van der Waals surface area contributed by atoms with Gasteiger partial charge >= 0.3 is 0 Å².